The van der Waals surface area contributed by atoms with Gasteiger partial charge in [0.05, 0.1) is 12.2 Å². The van der Waals surface area contributed by atoms with Gasteiger partial charge in [-0.05, 0) is 37.5 Å². The minimum absolute atomic E-state index is 0.0249. The number of H-pyrrole nitrogens is 1. The minimum Gasteiger partial charge on any atom is -0.310 e. The van der Waals surface area contributed by atoms with Crippen LogP contribution in [0.25, 0.3) is 11.0 Å². The molecule has 0 unspecified atom stereocenters. The van der Waals surface area contributed by atoms with Crippen molar-refractivity contribution in [1.29, 1.82) is 5.26 Å². The summed E-state index contributed by atoms with van der Waals surface area (Å²) in [4.78, 5) is 33.0. The first kappa shape index (κ1) is 19.0. The van der Waals surface area contributed by atoms with Gasteiger partial charge >= 0.3 is 0 Å². The van der Waals surface area contributed by atoms with Crippen LogP contribution in [0.5, 0.6) is 0 Å². The summed E-state index contributed by atoms with van der Waals surface area (Å²) >= 11 is 0. The standard InChI is InChI=1S/C21H17FN8O/c1-11(12-7-13(22)10-24-9-12)30-20-17(16(8-23)29-30)21(31)28-19(27-20)15-4-3-14(15)18-25-5-2-6-26-18/h2,5-7,9-11,14-15H,3-4H2,1H3,(H,27,28,31)/t11-,14-,15-/m0/s1. The Labute approximate surface area is 175 Å². The molecule has 1 aliphatic rings. The van der Waals surface area contributed by atoms with E-state index in [2.05, 4.69) is 25.0 Å². The Morgan fingerprint density at radius 3 is 2.71 bits per heavy atom. The molecule has 0 aliphatic heterocycles. The number of halogens is 1. The van der Waals surface area contributed by atoms with E-state index in [1.807, 2.05) is 6.07 Å². The highest BCUT2D eigenvalue weighted by Gasteiger charge is 2.37. The van der Waals surface area contributed by atoms with Crippen LogP contribution >= 0.6 is 0 Å². The maximum absolute atomic E-state index is 13.7. The fraction of sp³-hybridized carbons (Fsp3) is 0.286. The molecule has 3 atom stereocenters. The van der Waals surface area contributed by atoms with Crippen molar-refractivity contribution in [3.63, 3.8) is 0 Å². The number of pyridine rings is 1. The zero-order valence-corrected chi connectivity index (χ0v) is 16.5. The predicted molar refractivity (Wildman–Crippen MR) is 108 cm³/mol. The van der Waals surface area contributed by atoms with Crippen LogP contribution in [0, 0.1) is 17.1 Å². The highest BCUT2D eigenvalue weighted by molar-refractivity contribution is 5.80. The number of nitrogens with one attached hydrogen (secondary N) is 1. The van der Waals surface area contributed by atoms with Crippen LogP contribution < -0.4 is 5.56 Å². The fourth-order valence-electron chi connectivity index (χ4n) is 4.02. The Hall–Kier alpha value is -4.00. The lowest BCUT2D eigenvalue weighted by Crippen LogP contribution is -2.28. The molecular formula is C21H17FN8O. The van der Waals surface area contributed by atoms with Crippen LogP contribution in [0.4, 0.5) is 4.39 Å². The predicted octanol–water partition coefficient (Wildman–Crippen LogP) is 2.59. The molecule has 0 spiro atoms. The van der Waals surface area contributed by atoms with E-state index in [1.165, 1.54) is 16.9 Å². The molecule has 0 saturated heterocycles. The number of hydrogen-bond donors (Lipinski definition) is 1. The second-order valence-electron chi connectivity index (χ2n) is 7.56. The maximum atomic E-state index is 13.7. The van der Waals surface area contributed by atoms with Crippen LogP contribution in [0.1, 0.15) is 60.5 Å². The Morgan fingerprint density at radius 2 is 2.03 bits per heavy atom. The van der Waals surface area contributed by atoms with Crippen LogP contribution in [0.15, 0.2) is 41.7 Å². The average Bonchev–Trinajstić information content (AvgIpc) is 3.12. The maximum Gasteiger partial charge on any atom is 0.263 e. The summed E-state index contributed by atoms with van der Waals surface area (Å²) in [6.07, 6.45) is 7.75. The zero-order valence-electron chi connectivity index (χ0n) is 16.5. The van der Waals surface area contributed by atoms with Crippen molar-refractivity contribution >= 4 is 11.0 Å². The largest absolute Gasteiger partial charge is 0.310 e. The Bertz CT molecular complexity index is 1370. The molecule has 1 saturated carbocycles. The molecule has 0 bridgehead atoms. The summed E-state index contributed by atoms with van der Waals surface area (Å²) < 4.78 is 15.2. The van der Waals surface area contributed by atoms with E-state index >= 15 is 0 Å². The fourth-order valence-corrected chi connectivity index (χ4v) is 4.02. The molecule has 10 heteroatoms. The van der Waals surface area contributed by atoms with Gasteiger partial charge in [0.1, 0.15) is 28.9 Å². The van der Waals surface area contributed by atoms with Gasteiger partial charge in [-0.1, -0.05) is 0 Å². The summed E-state index contributed by atoms with van der Waals surface area (Å²) in [6.45, 7) is 1.79. The summed E-state index contributed by atoms with van der Waals surface area (Å²) in [7, 11) is 0. The molecule has 1 N–H and O–H groups in total. The summed E-state index contributed by atoms with van der Waals surface area (Å²) in [5.74, 6) is 0.759. The molecule has 9 nitrogen and oxygen atoms in total. The number of fused-ring (bicyclic) bond motifs is 1. The Kier molecular flexibility index (Phi) is 4.51. The molecular weight excluding hydrogens is 399 g/mol. The lowest BCUT2D eigenvalue weighted by molar-refractivity contribution is 0.319. The summed E-state index contributed by atoms with van der Waals surface area (Å²) in [5, 5.41) is 13.9. The number of nitrogens with zero attached hydrogens (tertiary/aromatic N) is 7. The monoisotopic (exact) mass is 416 g/mol. The van der Waals surface area contributed by atoms with Gasteiger partial charge in [0.2, 0.25) is 0 Å². The van der Waals surface area contributed by atoms with Crippen LogP contribution in [-0.4, -0.2) is 34.7 Å². The van der Waals surface area contributed by atoms with Crippen molar-refractivity contribution in [3.8, 4) is 6.07 Å². The van der Waals surface area contributed by atoms with E-state index in [4.69, 9.17) is 4.98 Å². The Balaban J connectivity index is 1.62. The van der Waals surface area contributed by atoms with Crippen LogP contribution in [-0.2, 0) is 0 Å². The van der Waals surface area contributed by atoms with Gasteiger partial charge in [0.15, 0.2) is 11.3 Å². The second kappa shape index (κ2) is 7.36. The lowest BCUT2D eigenvalue weighted by atomic mass is 9.72. The minimum atomic E-state index is -0.482. The van der Waals surface area contributed by atoms with E-state index in [-0.39, 0.29) is 28.6 Å². The number of aromatic amines is 1. The quantitative estimate of drug-likeness (QED) is 0.542. The van der Waals surface area contributed by atoms with Gasteiger partial charge in [-0.3, -0.25) is 9.78 Å². The zero-order chi connectivity index (χ0) is 21.5. The van der Waals surface area contributed by atoms with Crippen molar-refractivity contribution in [1.82, 2.24) is 34.7 Å². The van der Waals surface area contributed by atoms with Gasteiger partial charge in [0, 0.05) is 30.4 Å². The van der Waals surface area contributed by atoms with Crippen molar-refractivity contribution in [2.45, 2.75) is 37.6 Å². The molecule has 0 aromatic carbocycles. The SMILES string of the molecule is C[C@@H](c1cncc(F)c1)n1nc(C#N)c2c(=O)[nH]c([C@H]3CC[C@@H]3c3ncccn3)nc21. The van der Waals surface area contributed by atoms with Crippen molar-refractivity contribution in [2.75, 3.05) is 0 Å². The molecule has 4 aromatic heterocycles. The molecule has 31 heavy (non-hydrogen) atoms. The van der Waals surface area contributed by atoms with Crippen molar-refractivity contribution < 1.29 is 4.39 Å². The molecule has 4 heterocycles. The molecule has 1 aliphatic carbocycles. The van der Waals surface area contributed by atoms with E-state index in [1.54, 1.807) is 25.4 Å². The van der Waals surface area contributed by atoms with Crippen LogP contribution in [0.2, 0.25) is 0 Å². The molecule has 0 radical (unpaired) electrons. The molecule has 5 rings (SSSR count). The Morgan fingerprint density at radius 1 is 1.26 bits per heavy atom. The molecule has 4 aromatic rings. The van der Waals surface area contributed by atoms with Gasteiger partial charge in [-0.25, -0.2) is 24.0 Å². The van der Waals surface area contributed by atoms with E-state index in [0.29, 0.717) is 17.2 Å². The second-order valence-corrected chi connectivity index (χ2v) is 7.56. The third kappa shape index (κ3) is 3.15. The first-order valence-electron chi connectivity index (χ1n) is 9.86. The third-order valence-electron chi connectivity index (χ3n) is 5.80. The van der Waals surface area contributed by atoms with E-state index in [0.717, 1.165) is 19.0 Å². The first-order valence-corrected chi connectivity index (χ1v) is 9.86. The highest BCUT2D eigenvalue weighted by Crippen LogP contribution is 2.46. The van der Waals surface area contributed by atoms with Gasteiger partial charge < -0.3 is 4.98 Å². The summed E-state index contributed by atoms with van der Waals surface area (Å²) in [5.41, 5.74) is 0.387. The smallest absolute Gasteiger partial charge is 0.263 e. The highest BCUT2D eigenvalue weighted by atomic mass is 19.1. The first-order chi connectivity index (χ1) is 15.1. The molecule has 1 fully saturated rings. The van der Waals surface area contributed by atoms with Crippen molar-refractivity contribution in [3.05, 3.63) is 76.0 Å². The average molecular weight is 416 g/mol. The van der Waals surface area contributed by atoms with Gasteiger partial charge in [-0.15, -0.1) is 0 Å². The topological polar surface area (TPSA) is 126 Å². The van der Waals surface area contributed by atoms with Crippen LogP contribution in [0.3, 0.4) is 0 Å². The number of nitriles is 1. The number of hydrogen-bond acceptors (Lipinski definition) is 7. The molecule has 0 amide bonds. The number of aromatic nitrogens is 7. The third-order valence-corrected chi connectivity index (χ3v) is 5.80. The normalized spacial score (nSPS) is 19.0. The van der Waals surface area contributed by atoms with E-state index in [9.17, 15) is 14.4 Å². The molecule has 154 valence electrons. The van der Waals surface area contributed by atoms with Gasteiger partial charge in [0.25, 0.3) is 5.56 Å². The van der Waals surface area contributed by atoms with E-state index < -0.39 is 17.4 Å². The van der Waals surface area contributed by atoms with Gasteiger partial charge in [-0.2, -0.15) is 10.4 Å². The van der Waals surface area contributed by atoms with Crippen molar-refractivity contribution in [2.24, 2.45) is 0 Å². The number of rotatable bonds is 4. The lowest BCUT2D eigenvalue weighted by Gasteiger charge is -2.34. The summed E-state index contributed by atoms with van der Waals surface area (Å²) in [6, 6.07) is 4.58.